The molecule has 0 spiro atoms. The van der Waals surface area contributed by atoms with Crippen molar-refractivity contribution in [3.05, 3.63) is 0 Å². The first-order chi connectivity index (χ1) is 2.00. The minimum atomic E-state index is -4.64. The normalized spacial score (nSPS) is 7.38. The summed E-state index contributed by atoms with van der Waals surface area (Å²) >= 11 is 0. The molecule has 0 heterocycles. The summed E-state index contributed by atoms with van der Waals surface area (Å²) < 4.78 is 8.88. The molecule has 0 radical (unpaired) electrons. The summed E-state index contributed by atoms with van der Waals surface area (Å²) in [5, 5.41) is 0. The Kier molecular flexibility index (Phi) is 23.1. The molecule has 9 N–H and O–H groups in total. The third-order valence-corrected chi connectivity index (χ3v) is 0. The Labute approximate surface area is 69.0 Å². The standard InChI is InChI=1S/2H3N.Na.H3O4P.H/c;;;1-5(2,3)4;/h2*1H3;;(H3,1,2,3,4);. The van der Waals surface area contributed by atoms with Crippen LogP contribution in [0.15, 0.2) is 0 Å². The second-order valence-electron chi connectivity index (χ2n) is 0.513. The van der Waals surface area contributed by atoms with E-state index in [0.29, 0.717) is 0 Å². The molecule has 0 fully saturated rings. The van der Waals surface area contributed by atoms with E-state index in [1.54, 1.807) is 0 Å². The van der Waals surface area contributed by atoms with Gasteiger partial charge in [0.15, 0.2) is 0 Å². The Bertz CT molecular complexity index is 60.2. The van der Waals surface area contributed by atoms with Crippen molar-refractivity contribution in [2.75, 3.05) is 0 Å². The molecular formula is H10N2NaO4P. The van der Waals surface area contributed by atoms with Crippen molar-refractivity contribution < 1.29 is 19.2 Å². The van der Waals surface area contributed by atoms with Crippen molar-refractivity contribution in [1.29, 1.82) is 0 Å². The van der Waals surface area contributed by atoms with Gasteiger partial charge in [-0.3, -0.25) is 0 Å². The number of hydrogen-bond acceptors (Lipinski definition) is 3. The van der Waals surface area contributed by atoms with Crippen molar-refractivity contribution >= 4 is 37.4 Å². The summed E-state index contributed by atoms with van der Waals surface area (Å²) in [5.41, 5.74) is 0. The molecule has 0 atom stereocenters. The molecule has 0 aliphatic heterocycles. The SMILES string of the molecule is N.N.O=P(O)(O)O.[NaH]. The zero-order valence-corrected chi connectivity index (χ0v) is 4.51. The quantitative estimate of drug-likeness (QED) is 0.218. The van der Waals surface area contributed by atoms with Crippen molar-refractivity contribution in [2.45, 2.75) is 0 Å². The van der Waals surface area contributed by atoms with Gasteiger partial charge in [0.1, 0.15) is 0 Å². The Morgan fingerprint density at radius 3 is 1.00 bits per heavy atom. The Morgan fingerprint density at radius 1 is 1.00 bits per heavy atom. The zero-order valence-electron chi connectivity index (χ0n) is 3.61. The molecule has 0 aromatic heterocycles. The number of hydrogen-bond donors (Lipinski definition) is 5. The third kappa shape index (κ3) is 241. The molecule has 0 aliphatic rings. The van der Waals surface area contributed by atoms with Gasteiger partial charge in [0.25, 0.3) is 0 Å². The molecule has 0 rings (SSSR count). The van der Waals surface area contributed by atoms with Crippen LogP contribution in [0.5, 0.6) is 0 Å². The fourth-order valence-electron chi connectivity index (χ4n) is 0. The molecule has 0 aliphatic carbocycles. The van der Waals surface area contributed by atoms with Crippen LogP contribution in [0, 0.1) is 0 Å². The average Bonchev–Trinajstić information content (AvgIpc) is 0.722. The summed E-state index contributed by atoms with van der Waals surface area (Å²) in [6, 6.07) is 0. The van der Waals surface area contributed by atoms with Crippen LogP contribution < -0.4 is 12.3 Å². The topological polar surface area (TPSA) is 148 Å². The first-order valence-corrected chi connectivity index (χ1v) is 2.35. The second kappa shape index (κ2) is 8.03. The fourth-order valence-corrected chi connectivity index (χ4v) is 0. The van der Waals surface area contributed by atoms with E-state index in [2.05, 4.69) is 0 Å². The van der Waals surface area contributed by atoms with Gasteiger partial charge in [0.2, 0.25) is 0 Å². The maximum atomic E-state index is 8.88. The van der Waals surface area contributed by atoms with Crippen molar-refractivity contribution in [3.8, 4) is 0 Å². The van der Waals surface area contributed by atoms with Gasteiger partial charge >= 0.3 is 37.4 Å². The molecule has 0 unspecified atom stereocenters. The Hall–Kier alpha value is 1.03. The van der Waals surface area contributed by atoms with Crippen molar-refractivity contribution in [3.63, 3.8) is 0 Å². The van der Waals surface area contributed by atoms with Gasteiger partial charge in [0.05, 0.1) is 0 Å². The molecule has 0 amide bonds. The fraction of sp³-hybridized carbons (Fsp3) is 0. The van der Waals surface area contributed by atoms with Crippen LogP contribution in [0.25, 0.3) is 0 Å². The van der Waals surface area contributed by atoms with E-state index >= 15 is 0 Å². The predicted molar refractivity (Wildman–Crippen MR) is 31.5 cm³/mol. The minimum absolute atomic E-state index is 0. The van der Waals surface area contributed by atoms with Gasteiger partial charge in [-0.15, -0.1) is 0 Å². The molecule has 0 saturated heterocycles. The summed E-state index contributed by atoms with van der Waals surface area (Å²) in [6.45, 7) is 0. The maximum absolute atomic E-state index is 8.88. The van der Waals surface area contributed by atoms with Crippen molar-refractivity contribution in [1.82, 2.24) is 12.3 Å². The molecular weight excluding hydrogens is 146 g/mol. The average molecular weight is 156 g/mol. The van der Waals surface area contributed by atoms with E-state index in [9.17, 15) is 0 Å². The molecule has 0 saturated carbocycles. The van der Waals surface area contributed by atoms with Gasteiger partial charge in [-0.1, -0.05) is 0 Å². The summed E-state index contributed by atoms with van der Waals surface area (Å²) in [7, 11) is -4.64. The monoisotopic (exact) mass is 156 g/mol. The molecule has 0 aromatic rings. The van der Waals surface area contributed by atoms with E-state index in [0.717, 1.165) is 0 Å². The molecule has 50 valence electrons. The molecule has 6 nitrogen and oxygen atoms in total. The number of phosphoric acid groups is 1. The van der Waals surface area contributed by atoms with Crippen LogP contribution in [0.3, 0.4) is 0 Å². The van der Waals surface area contributed by atoms with E-state index < -0.39 is 7.82 Å². The Balaban J connectivity index is -0.0000000267. The molecule has 8 heteroatoms. The first kappa shape index (κ1) is 23.0. The molecule has 0 bridgehead atoms. The van der Waals surface area contributed by atoms with Crippen LogP contribution >= 0.6 is 7.82 Å². The van der Waals surface area contributed by atoms with Crippen LogP contribution in [-0.2, 0) is 4.57 Å². The van der Waals surface area contributed by atoms with Gasteiger partial charge in [-0.25, -0.2) is 4.57 Å². The molecule has 8 heavy (non-hydrogen) atoms. The number of rotatable bonds is 0. The molecule has 0 aromatic carbocycles. The van der Waals surface area contributed by atoms with Crippen LogP contribution in [0.1, 0.15) is 0 Å². The van der Waals surface area contributed by atoms with Gasteiger partial charge in [0, 0.05) is 0 Å². The summed E-state index contributed by atoms with van der Waals surface area (Å²) in [5.74, 6) is 0. The van der Waals surface area contributed by atoms with Gasteiger partial charge in [-0.2, -0.15) is 0 Å². The van der Waals surface area contributed by atoms with E-state index in [4.69, 9.17) is 19.2 Å². The van der Waals surface area contributed by atoms with E-state index in [1.165, 1.54) is 0 Å². The van der Waals surface area contributed by atoms with E-state index in [-0.39, 0.29) is 41.9 Å². The van der Waals surface area contributed by atoms with Crippen molar-refractivity contribution in [2.24, 2.45) is 0 Å². The first-order valence-electron chi connectivity index (χ1n) is 0.783. The van der Waals surface area contributed by atoms with Crippen LogP contribution in [0.4, 0.5) is 0 Å². The third-order valence-electron chi connectivity index (χ3n) is 0. The van der Waals surface area contributed by atoms with Crippen LogP contribution in [-0.4, -0.2) is 44.2 Å². The van der Waals surface area contributed by atoms with Gasteiger partial charge < -0.3 is 27.0 Å². The zero-order chi connectivity index (χ0) is 4.50. The second-order valence-corrected chi connectivity index (χ2v) is 1.54. The van der Waals surface area contributed by atoms with Gasteiger partial charge in [-0.05, 0) is 0 Å². The van der Waals surface area contributed by atoms with Crippen LogP contribution in [0.2, 0.25) is 0 Å². The predicted octanol–water partition coefficient (Wildman–Crippen LogP) is -1.25. The summed E-state index contributed by atoms with van der Waals surface area (Å²) in [6.07, 6.45) is 0. The summed E-state index contributed by atoms with van der Waals surface area (Å²) in [4.78, 5) is 21.6. The Morgan fingerprint density at radius 2 is 1.00 bits per heavy atom. The van der Waals surface area contributed by atoms with E-state index in [1.807, 2.05) is 0 Å².